The van der Waals surface area contributed by atoms with Crippen LogP contribution in [0.4, 0.5) is 0 Å². The molecular weight excluding hydrogens is 148 g/mol. The largest absolute Gasteiger partial charge is 0.374 e. The second kappa shape index (κ2) is 3.72. The Morgan fingerprint density at radius 1 is 1.25 bits per heavy atom. The Hall–Kier alpha value is -0.820. The van der Waals surface area contributed by atoms with Crippen LogP contribution in [0.1, 0.15) is 25.8 Å². The fourth-order valence-electron chi connectivity index (χ4n) is 1.26. The van der Waals surface area contributed by atoms with Crippen LogP contribution in [0.15, 0.2) is 30.3 Å². The molecule has 0 aliphatic rings. The van der Waals surface area contributed by atoms with E-state index in [2.05, 4.69) is 26.0 Å². The van der Waals surface area contributed by atoms with E-state index in [1.54, 1.807) is 7.11 Å². The van der Waals surface area contributed by atoms with Crippen LogP contribution in [0, 0.1) is 0 Å². The summed E-state index contributed by atoms with van der Waals surface area (Å²) in [6, 6.07) is 10.3. The lowest BCUT2D eigenvalue weighted by molar-refractivity contribution is -0.00139. The van der Waals surface area contributed by atoms with Gasteiger partial charge in [0.25, 0.3) is 0 Å². The Balaban J connectivity index is 2.95. The summed E-state index contributed by atoms with van der Waals surface area (Å²) in [7, 11) is 1.76. The van der Waals surface area contributed by atoms with Crippen LogP contribution in [0.5, 0.6) is 0 Å². The van der Waals surface area contributed by atoms with Gasteiger partial charge >= 0.3 is 0 Å². The molecule has 0 N–H and O–H groups in total. The highest BCUT2D eigenvalue weighted by Gasteiger charge is 2.22. The molecule has 0 saturated heterocycles. The molecule has 1 atom stereocenters. The quantitative estimate of drug-likeness (QED) is 0.667. The van der Waals surface area contributed by atoms with Crippen LogP contribution < -0.4 is 0 Å². The summed E-state index contributed by atoms with van der Waals surface area (Å²) >= 11 is 0. The van der Waals surface area contributed by atoms with Gasteiger partial charge in [-0.05, 0) is 18.9 Å². The molecule has 0 aliphatic carbocycles. The van der Waals surface area contributed by atoms with Crippen molar-refractivity contribution in [1.82, 2.24) is 0 Å². The third kappa shape index (κ3) is 1.67. The van der Waals surface area contributed by atoms with Crippen LogP contribution in [0.3, 0.4) is 0 Å². The first kappa shape index (κ1) is 9.27. The predicted molar refractivity (Wildman–Crippen MR) is 51.1 cm³/mol. The molecule has 0 spiro atoms. The van der Waals surface area contributed by atoms with Gasteiger partial charge in [-0.25, -0.2) is 0 Å². The third-order valence-electron chi connectivity index (χ3n) is 2.51. The molecule has 66 valence electrons. The molecule has 0 heterocycles. The van der Waals surface area contributed by atoms with Crippen molar-refractivity contribution in [2.75, 3.05) is 7.11 Å². The van der Waals surface area contributed by atoms with E-state index in [9.17, 15) is 0 Å². The maximum Gasteiger partial charge on any atom is 0.0896 e. The van der Waals surface area contributed by atoms with E-state index in [0.717, 1.165) is 6.42 Å². The van der Waals surface area contributed by atoms with Gasteiger partial charge in [-0.15, -0.1) is 0 Å². The van der Waals surface area contributed by atoms with Crippen LogP contribution in [0.2, 0.25) is 0 Å². The molecule has 1 heteroatoms. The maximum atomic E-state index is 5.47. The molecule has 0 saturated carbocycles. The average Bonchev–Trinajstić information content (AvgIpc) is 2.18. The lowest BCUT2D eigenvalue weighted by Gasteiger charge is -2.26. The number of rotatable bonds is 3. The Labute approximate surface area is 74.4 Å². The van der Waals surface area contributed by atoms with Crippen molar-refractivity contribution >= 4 is 0 Å². The molecule has 1 aromatic rings. The molecule has 1 aromatic carbocycles. The van der Waals surface area contributed by atoms with Crippen molar-refractivity contribution in [2.24, 2.45) is 0 Å². The normalized spacial score (nSPS) is 15.6. The first-order valence-electron chi connectivity index (χ1n) is 4.33. The highest BCUT2D eigenvalue weighted by atomic mass is 16.5. The van der Waals surface area contributed by atoms with Gasteiger partial charge in [0.05, 0.1) is 5.60 Å². The van der Waals surface area contributed by atoms with E-state index in [1.807, 2.05) is 18.2 Å². The van der Waals surface area contributed by atoms with Gasteiger partial charge in [0.15, 0.2) is 0 Å². The first-order valence-corrected chi connectivity index (χ1v) is 4.33. The smallest absolute Gasteiger partial charge is 0.0896 e. The number of benzene rings is 1. The number of hydrogen-bond acceptors (Lipinski definition) is 1. The van der Waals surface area contributed by atoms with Crippen molar-refractivity contribution in [2.45, 2.75) is 25.9 Å². The minimum Gasteiger partial charge on any atom is -0.374 e. The molecule has 0 radical (unpaired) electrons. The van der Waals surface area contributed by atoms with Gasteiger partial charge in [-0.3, -0.25) is 0 Å². The van der Waals surface area contributed by atoms with E-state index in [0.29, 0.717) is 0 Å². The second-order valence-corrected chi connectivity index (χ2v) is 3.15. The Morgan fingerprint density at radius 3 is 2.25 bits per heavy atom. The molecule has 0 aliphatic heterocycles. The molecule has 0 fully saturated rings. The molecule has 0 amide bonds. The number of hydrogen-bond donors (Lipinski definition) is 0. The van der Waals surface area contributed by atoms with E-state index in [-0.39, 0.29) is 5.60 Å². The SMILES string of the molecule is CC[C@](C)(OC)c1ccccc1. The molecule has 1 nitrogen and oxygen atoms in total. The zero-order chi connectivity index (χ0) is 9.03. The summed E-state index contributed by atoms with van der Waals surface area (Å²) in [6.07, 6.45) is 0.994. The monoisotopic (exact) mass is 164 g/mol. The van der Waals surface area contributed by atoms with Crippen molar-refractivity contribution in [3.8, 4) is 0 Å². The zero-order valence-corrected chi connectivity index (χ0v) is 8.00. The van der Waals surface area contributed by atoms with Crippen molar-refractivity contribution in [3.05, 3.63) is 35.9 Å². The molecule has 12 heavy (non-hydrogen) atoms. The minimum atomic E-state index is -0.124. The Kier molecular flexibility index (Phi) is 2.88. The number of methoxy groups -OCH3 is 1. The minimum absolute atomic E-state index is 0.124. The summed E-state index contributed by atoms with van der Waals surface area (Å²) in [5.41, 5.74) is 1.12. The summed E-state index contributed by atoms with van der Waals surface area (Å²) in [4.78, 5) is 0. The third-order valence-corrected chi connectivity index (χ3v) is 2.51. The molecule has 1 rings (SSSR count). The van der Waals surface area contributed by atoms with E-state index >= 15 is 0 Å². The maximum absolute atomic E-state index is 5.47. The summed E-state index contributed by atoms with van der Waals surface area (Å²) in [5.74, 6) is 0. The van der Waals surface area contributed by atoms with Gasteiger partial charge in [-0.2, -0.15) is 0 Å². The topological polar surface area (TPSA) is 9.23 Å². The Morgan fingerprint density at radius 2 is 1.83 bits per heavy atom. The van der Waals surface area contributed by atoms with Crippen LogP contribution in [-0.2, 0) is 10.3 Å². The summed E-state index contributed by atoms with van der Waals surface area (Å²) in [6.45, 7) is 4.25. The molecule has 0 bridgehead atoms. The molecule has 0 unspecified atom stereocenters. The van der Waals surface area contributed by atoms with E-state index in [1.165, 1.54) is 5.56 Å². The van der Waals surface area contributed by atoms with Gasteiger partial charge in [0.2, 0.25) is 0 Å². The summed E-state index contributed by atoms with van der Waals surface area (Å²) in [5, 5.41) is 0. The first-order chi connectivity index (χ1) is 5.73. The van der Waals surface area contributed by atoms with Gasteiger partial charge in [0, 0.05) is 7.11 Å². The van der Waals surface area contributed by atoms with Crippen LogP contribution in [0.25, 0.3) is 0 Å². The lowest BCUT2D eigenvalue weighted by atomic mass is 9.93. The van der Waals surface area contributed by atoms with Crippen molar-refractivity contribution < 1.29 is 4.74 Å². The van der Waals surface area contributed by atoms with Crippen LogP contribution >= 0.6 is 0 Å². The fourth-order valence-corrected chi connectivity index (χ4v) is 1.26. The van der Waals surface area contributed by atoms with Crippen LogP contribution in [-0.4, -0.2) is 7.11 Å². The van der Waals surface area contributed by atoms with E-state index < -0.39 is 0 Å². The zero-order valence-electron chi connectivity index (χ0n) is 8.00. The molecular formula is C11H16O. The molecule has 0 aromatic heterocycles. The fraction of sp³-hybridized carbons (Fsp3) is 0.455. The van der Waals surface area contributed by atoms with Gasteiger partial charge in [0.1, 0.15) is 0 Å². The summed E-state index contributed by atoms with van der Waals surface area (Å²) < 4.78 is 5.47. The van der Waals surface area contributed by atoms with E-state index in [4.69, 9.17) is 4.74 Å². The average molecular weight is 164 g/mol. The lowest BCUT2D eigenvalue weighted by Crippen LogP contribution is -2.22. The highest BCUT2D eigenvalue weighted by molar-refractivity contribution is 5.21. The highest BCUT2D eigenvalue weighted by Crippen LogP contribution is 2.27. The predicted octanol–water partition coefficient (Wildman–Crippen LogP) is 2.96. The Bertz CT molecular complexity index is 224. The standard InChI is InChI=1S/C11H16O/c1-4-11(2,12-3)10-8-6-5-7-9-10/h5-9H,4H2,1-3H3/t11-/m0/s1. The van der Waals surface area contributed by atoms with Gasteiger partial charge in [-0.1, -0.05) is 37.3 Å². The van der Waals surface area contributed by atoms with Gasteiger partial charge < -0.3 is 4.74 Å². The van der Waals surface area contributed by atoms with Crippen molar-refractivity contribution in [3.63, 3.8) is 0 Å². The van der Waals surface area contributed by atoms with Crippen molar-refractivity contribution in [1.29, 1.82) is 0 Å². The number of ether oxygens (including phenoxy) is 1. The second-order valence-electron chi connectivity index (χ2n) is 3.15.